The molecule has 1 saturated heterocycles. The summed E-state index contributed by atoms with van der Waals surface area (Å²) in [5.74, 6) is 0.822. The van der Waals surface area contributed by atoms with Gasteiger partial charge in [0.15, 0.2) is 0 Å². The zero-order valence-electron chi connectivity index (χ0n) is 17.3. The summed E-state index contributed by atoms with van der Waals surface area (Å²) >= 11 is 6.16. The first-order valence-corrected chi connectivity index (χ1v) is 10.2. The van der Waals surface area contributed by atoms with Gasteiger partial charge in [0.05, 0.1) is 0 Å². The minimum atomic E-state index is -0.517. The van der Waals surface area contributed by atoms with Gasteiger partial charge in [-0.15, -0.1) is 31.4 Å². The van der Waals surface area contributed by atoms with Crippen molar-refractivity contribution >= 4 is 42.1 Å². The minimum absolute atomic E-state index is 0. The Morgan fingerprint density at radius 2 is 1.83 bits per heavy atom. The van der Waals surface area contributed by atoms with Gasteiger partial charge in [0.1, 0.15) is 18.5 Å². The predicted octanol–water partition coefficient (Wildman–Crippen LogP) is 4.78. The Kier molecular flexibility index (Phi) is 11.6. The molecule has 166 valence electrons. The standard InChI is InChI=1S/C23H29ClN2O2.2ClH/c1-3-6-19-7-4-5-8-23(19)28-17-21(27)16-25-11-13-26(14-12-25)22-15-20(24)10-9-18(22)2;;/h3-5,7-10,15,21,27H,1,6,11-14,16-17H2,2H3;2*1H. The number of β-amino-alcohol motifs (C(OH)–C–C–N with tert-alkyl or cyclic N) is 1. The van der Waals surface area contributed by atoms with E-state index in [-0.39, 0.29) is 24.8 Å². The highest BCUT2D eigenvalue weighted by atomic mass is 35.5. The smallest absolute Gasteiger partial charge is 0.122 e. The number of hydrogen-bond acceptors (Lipinski definition) is 4. The molecule has 1 N–H and O–H groups in total. The molecule has 3 rings (SSSR count). The number of nitrogens with zero attached hydrogens (tertiary/aromatic N) is 2. The van der Waals surface area contributed by atoms with Gasteiger partial charge >= 0.3 is 0 Å². The molecule has 0 aliphatic carbocycles. The van der Waals surface area contributed by atoms with Gasteiger partial charge in [-0.2, -0.15) is 0 Å². The van der Waals surface area contributed by atoms with E-state index in [1.165, 1.54) is 11.3 Å². The summed E-state index contributed by atoms with van der Waals surface area (Å²) in [6.07, 6.45) is 2.10. The predicted molar refractivity (Wildman–Crippen MR) is 131 cm³/mol. The summed E-state index contributed by atoms with van der Waals surface area (Å²) in [5, 5.41) is 11.2. The van der Waals surface area contributed by atoms with E-state index in [1.54, 1.807) is 0 Å². The number of hydrogen-bond donors (Lipinski definition) is 1. The second-order valence-corrected chi connectivity index (χ2v) is 7.72. The van der Waals surface area contributed by atoms with Gasteiger partial charge in [0, 0.05) is 43.4 Å². The summed E-state index contributed by atoms with van der Waals surface area (Å²) in [5.41, 5.74) is 3.54. The molecule has 30 heavy (non-hydrogen) atoms. The topological polar surface area (TPSA) is 35.9 Å². The van der Waals surface area contributed by atoms with E-state index in [4.69, 9.17) is 16.3 Å². The van der Waals surface area contributed by atoms with Crippen LogP contribution in [0.2, 0.25) is 5.02 Å². The lowest BCUT2D eigenvalue weighted by Gasteiger charge is -2.37. The lowest BCUT2D eigenvalue weighted by atomic mass is 10.1. The number of benzene rings is 2. The van der Waals surface area contributed by atoms with Crippen LogP contribution in [0.4, 0.5) is 5.69 Å². The number of aryl methyl sites for hydroxylation is 1. The van der Waals surface area contributed by atoms with Gasteiger partial charge in [0.25, 0.3) is 0 Å². The molecule has 0 amide bonds. The van der Waals surface area contributed by atoms with Gasteiger partial charge in [-0.1, -0.05) is 41.9 Å². The molecule has 1 unspecified atom stereocenters. The van der Waals surface area contributed by atoms with E-state index < -0.39 is 6.10 Å². The van der Waals surface area contributed by atoms with Crippen LogP contribution in [-0.4, -0.2) is 55.4 Å². The molecule has 0 spiro atoms. The Bertz CT molecular complexity index is 796. The summed E-state index contributed by atoms with van der Waals surface area (Å²) in [4.78, 5) is 4.66. The average Bonchev–Trinajstić information content (AvgIpc) is 2.70. The zero-order valence-corrected chi connectivity index (χ0v) is 19.7. The third-order valence-corrected chi connectivity index (χ3v) is 5.36. The average molecular weight is 474 g/mol. The molecule has 1 heterocycles. The van der Waals surface area contributed by atoms with Crippen LogP contribution in [0.1, 0.15) is 11.1 Å². The molecular formula is C23H31Cl3N2O2. The first kappa shape index (κ1) is 26.6. The Hall–Kier alpha value is -1.43. The van der Waals surface area contributed by atoms with E-state index in [1.807, 2.05) is 42.5 Å². The van der Waals surface area contributed by atoms with Gasteiger partial charge in [-0.05, 0) is 42.7 Å². The fourth-order valence-corrected chi connectivity index (χ4v) is 3.77. The highest BCUT2D eigenvalue weighted by molar-refractivity contribution is 6.30. The first-order chi connectivity index (χ1) is 13.6. The number of aliphatic hydroxyl groups is 1. The lowest BCUT2D eigenvalue weighted by Crippen LogP contribution is -2.49. The van der Waals surface area contributed by atoms with Crippen molar-refractivity contribution in [1.29, 1.82) is 0 Å². The molecule has 1 fully saturated rings. The highest BCUT2D eigenvalue weighted by Crippen LogP contribution is 2.25. The second kappa shape index (κ2) is 13.1. The molecule has 0 bridgehead atoms. The number of halogens is 3. The van der Waals surface area contributed by atoms with E-state index in [2.05, 4.69) is 29.4 Å². The normalized spacial score (nSPS) is 15.0. The van der Waals surface area contributed by atoms with Crippen molar-refractivity contribution in [2.45, 2.75) is 19.4 Å². The molecule has 1 aliphatic heterocycles. The van der Waals surface area contributed by atoms with E-state index >= 15 is 0 Å². The van der Waals surface area contributed by atoms with Crippen molar-refractivity contribution in [2.75, 3.05) is 44.2 Å². The third-order valence-electron chi connectivity index (χ3n) is 5.12. The minimum Gasteiger partial charge on any atom is -0.491 e. The molecule has 2 aromatic rings. The molecule has 2 aromatic carbocycles. The van der Waals surface area contributed by atoms with Gasteiger partial charge in [-0.25, -0.2) is 0 Å². The summed E-state index contributed by atoms with van der Waals surface area (Å²) in [6, 6.07) is 13.9. The third kappa shape index (κ3) is 7.36. The number of aliphatic hydroxyl groups excluding tert-OH is 1. The van der Waals surface area contributed by atoms with E-state index in [9.17, 15) is 5.11 Å². The van der Waals surface area contributed by atoms with Crippen molar-refractivity contribution in [3.63, 3.8) is 0 Å². The van der Waals surface area contributed by atoms with Crippen LogP contribution in [0.15, 0.2) is 55.1 Å². The maximum Gasteiger partial charge on any atom is 0.122 e. The van der Waals surface area contributed by atoms with Crippen LogP contribution in [0, 0.1) is 6.92 Å². The monoisotopic (exact) mass is 472 g/mol. The van der Waals surface area contributed by atoms with E-state index in [0.717, 1.165) is 48.9 Å². The Balaban J connectivity index is 0.00000225. The number of allylic oxidation sites excluding steroid dienone is 1. The lowest BCUT2D eigenvalue weighted by molar-refractivity contribution is 0.0660. The zero-order chi connectivity index (χ0) is 19.9. The number of rotatable bonds is 8. The Morgan fingerprint density at radius 3 is 2.53 bits per heavy atom. The van der Waals surface area contributed by atoms with Crippen LogP contribution in [0.3, 0.4) is 0 Å². The fraction of sp³-hybridized carbons (Fsp3) is 0.391. The quantitative estimate of drug-likeness (QED) is 0.560. The molecule has 1 atom stereocenters. The molecule has 1 aliphatic rings. The first-order valence-electron chi connectivity index (χ1n) is 9.80. The summed E-state index contributed by atoms with van der Waals surface area (Å²) in [7, 11) is 0. The maximum absolute atomic E-state index is 10.4. The molecule has 0 saturated carbocycles. The van der Waals surface area contributed by atoms with Gasteiger partial charge < -0.3 is 14.7 Å². The van der Waals surface area contributed by atoms with Crippen molar-refractivity contribution in [3.8, 4) is 5.75 Å². The number of piperazine rings is 1. The van der Waals surface area contributed by atoms with Gasteiger partial charge in [0.2, 0.25) is 0 Å². The number of ether oxygens (including phenoxy) is 1. The molecule has 4 nitrogen and oxygen atoms in total. The van der Waals surface area contributed by atoms with Crippen LogP contribution in [0.25, 0.3) is 0 Å². The fourth-order valence-electron chi connectivity index (χ4n) is 3.60. The SMILES string of the molecule is C=CCc1ccccc1OCC(O)CN1CCN(c2cc(Cl)ccc2C)CC1.Cl.Cl. The Morgan fingerprint density at radius 1 is 1.13 bits per heavy atom. The van der Waals surface area contributed by atoms with Crippen molar-refractivity contribution in [2.24, 2.45) is 0 Å². The van der Waals surface area contributed by atoms with Crippen LogP contribution in [-0.2, 0) is 6.42 Å². The highest BCUT2D eigenvalue weighted by Gasteiger charge is 2.21. The van der Waals surface area contributed by atoms with Crippen molar-refractivity contribution in [3.05, 3.63) is 71.3 Å². The number of anilines is 1. The summed E-state index contributed by atoms with van der Waals surface area (Å²) in [6.45, 7) is 10.5. The Labute approximate surface area is 197 Å². The van der Waals surface area contributed by atoms with Crippen LogP contribution in [0.5, 0.6) is 5.75 Å². The molecule has 7 heteroatoms. The van der Waals surface area contributed by atoms with Crippen molar-refractivity contribution < 1.29 is 9.84 Å². The van der Waals surface area contributed by atoms with Gasteiger partial charge in [-0.3, -0.25) is 4.90 Å². The molecule has 0 radical (unpaired) electrons. The summed E-state index contributed by atoms with van der Waals surface area (Å²) < 4.78 is 5.86. The molecule has 0 aromatic heterocycles. The van der Waals surface area contributed by atoms with Crippen LogP contribution < -0.4 is 9.64 Å². The van der Waals surface area contributed by atoms with Crippen LogP contribution >= 0.6 is 36.4 Å². The maximum atomic E-state index is 10.4. The van der Waals surface area contributed by atoms with E-state index in [0.29, 0.717) is 13.2 Å². The second-order valence-electron chi connectivity index (χ2n) is 7.28. The molecular weight excluding hydrogens is 443 g/mol. The van der Waals surface area contributed by atoms with Crippen molar-refractivity contribution in [1.82, 2.24) is 4.90 Å². The largest absolute Gasteiger partial charge is 0.491 e. The number of para-hydroxylation sites is 1.